The number of rotatable bonds is 9. The second kappa shape index (κ2) is 11.7. The summed E-state index contributed by atoms with van der Waals surface area (Å²) < 4.78 is 0. The van der Waals surface area contributed by atoms with Crippen LogP contribution in [0.4, 0.5) is 10.5 Å². The molecule has 0 aliphatic carbocycles. The van der Waals surface area contributed by atoms with E-state index in [-0.39, 0.29) is 35.6 Å². The Morgan fingerprint density at radius 1 is 1.00 bits per heavy atom. The molecule has 1 aliphatic rings. The van der Waals surface area contributed by atoms with Crippen LogP contribution in [-0.4, -0.2) is 39.6 Å². The van der Waals surface area contributed by atoms with Gasteiger partial charge in [0, 0.05) is 18.7 Å². The molecule has 188 valence electrons. The third-order valence-electron chi connectivity index (χ3n) is 5.96. The lowest BCUT2D eigenvalue weighted by atomic mass is 9.99. The highest BCUT2D eigenvalue weighted by molar-refractivity contribution is 8.18. The maximum Gasteiger partial charge on any atom is 0.336 e. The SMILES string of the molecule is CCc1ccc(/C=C2\SC(=O)N(CCCC(=O)Nc3ccc(C(=O)O)c(-c4ccccc4)c3)C2=O)cc1. The Morgan fingerprint density at radius 2 is 1.73 bits per heavy atom. The van der Waals surface area contributed by atoms with Gasteiger partial charge in [-0.3, -0.25) is 19.3 Å². The van der Waals surface area contributed by atoms with E-state index in [1.165, 1.54) is 16.5 Å². The van der Waals surface area contributed by atoms with Crippen molar-refractivity contribution >= 4 is 46.5 Å². The first-order chi connectivity index (χ1) is 17.9. The number of carbonyl (C=O) groups excluding carboxylic acids is 3. The van der Waals surface area contributed by atoms with Crippen molar-refractivity contribution in [1.82, 2.24) is 4.90 Å². The van der Waals surface area contributed by atoms with Crippen LogP contribution in [0.5, 0.6) is 0 Å². The van der Waals surface area contributed by atoms with Crippen LogP contribution in [0.15, 0.2) is 77.7 Å². The second-order valence-corrected chi connectivity index (χ2v) is 9.50. The molecule has 3 aromatic carbocycles. The third kappa shape index (κ3) is 6.34. The molecule has 4 rings (SSSR count). The molecule has 0 aromatic heterocycles. The number of benzene rings is 3. The van der Waals surface area contributed by atoms with E-state index in [0.717, 1.165) is 29.3 Å². The Balaban J connectivity index is 1.35. The van der Waals surface area contributed by atoms with Gasteiger partial charge >= 0.3 is 5.97 Å². The van der Waals surface area contributed by atoms with Crippen molar-refractivity contribution < 1.29 is 24.3 Å². The van der Waals surface area contributed by atoms with Gasteiger partial charge in [0.25, 0.3) is 11.1 Å². The van der Waals surface area contributed by atoms with Gasteiger partial charge in [-0.2, -0.15) is 0 Å². The summed E-state index contributed by atoms with van der Waals surface area (Å²) in [7, 11) is 0. The van der Waals surface area contributed by atoms with Crippen LogP contribution in [-0.2, 0) is 16.0 Å². The average molecular weight is 515 g/mol. The van der Waals surface area contributed by atoms with Gasteiger partial charge in [0.05, 0.1) is 10.5 Å². The average Bonchev–Trinajstić information content (AvgIpc) is 3.16. The van der Waals surface area contributed by atoms with Crippen LogP contribution in [0.2, 0.25) is 0 Å². The summed E-state index contributed by atoms with van der Waals surface area (Å²) in [4.78, 5) is 50.8. The Labute approximate surface area is 219 Å². The zero-order valence-corrected chi connectivity index (χ0v) is 21.1. The predicted octanol–water partition coefficient (Wildman–Crippen LogP) is 6.07. The molecule has 0 atom stereocenters. The molecule has 0 radical (unpaired) electrons. The van der Waals surface area contributed by atoms with Gasteiger partial charge in [-0.05, 0) is 71.1 Å². The molecule has 7 nitrogen and oxygen atoms in total. The number of imide groups is 1. The number of hydrogen-bond donors (Lipinski definition) is 2. The number of hydrogen-bond acceptors (Lipinski definition) is 5. The lowest BCUT2D eigenvalue weighted by molar-refractivity contribution is -0.123. The van der Waals surface area contributed by atoms with E-state index < -0.39 is 5.97 Å². The molecule has 2 N–H and O–H groups in total. The van der Waals surface area contributed by atoms with E-state index in [9.17, 15) is 24.3 Å². The number of aryl methyl sites for hydroxylation is 1. The number of nitrogens with zero attached hydrogens (tertiary/aromatic N) is 1. The second-order valence-electron chi connectivity index (χ2n) is 8.51. The highest BCUT2D eigenvalue weighted by Crippen LogP contribution is 2.32. The molecule has 1 aliphatic heterocycles. The lowest BCUT2D eigenvalue weighted by Gasteiger charge is -2.13. The van der Waals surface area contributed by atoms with Crippen LogP contribution >= 0.6 is 11.8 Å². The van der Waals surface area contributed by atoms with Crippen LogP contribution in [0.1, 0.15) is 41.3 Å². The molecule has 0 spiro atoms. The third-order valence-corrected chi connectivity index (χ3v) is 6.87. The summed E-state index contributed by atoms with van der Waals surface area (Å²) in [6, 6.07) is 21.5. The number of carbonyl (C=O) groups is 4. The van der Waals surface area contributed by atoms with Crippen LogP contribution < -0.4 is 5.32 Å². The molecule has 1 fully saturated rings. The Morgan fingerprint density at radius 3 is 2.41 bits per heavy atom. The van der Waals surface area contributed by atoms with Crippen molar-refractivity contribution in [2.75, 3.05) is 11.9 Å². The highest BCUT2D eigenvalue weighted by atomic mass is 32.2. The van der Waals surface area contributed by atoms with Crippen LogP contribution in [0.25, 0.3) is 17.2 Å². The quantitative estimate of drug-likeness (QED) is 0.336. The lowest BCUT2D eigenvalue weighted by Crippen LogP contribution is -2.29. The molecule has 1 saturated heterocycles. The first-order valence-electron chi connectivity index (χ1n) is 11.9. The molecule has 0 unspecified atom stereocenters. The molecular weight excluding hydrogens is 488 g/mol. The Bertz CT molecular complexity index is 1370. The molecule has 3 amide bonds. The van der Waals surface area contributed by atoms with Crippen molar-refractivity contribution in [2.45, 2.75) is 26.2 Å². The first-order valence-corrected chi connectivity index (χ1v) is 12.7. The van der Waals surface area contributed by atoms with Crippen molar-refractivity contribution in [3.63, 3.8) is 0 Å². The maximum atomic E-state index is 12.7. The van der Waals surface area contributed by atoms with Gasteiger partial charge in [0.15, 0.2) is 0 Å². The number of carboxylic acid groups (broad SMARTS) is 1. The van der Waals surface area contributed by atoms with Crippen molar-refractivity contribution in [3.8, 4) is 11.1 Å². The van der Waals surface area contributed by atoms with E-state index in [2.05, 4.69) is 12.2 Å². The van der Waals surface area contributed by atoms with E-state index >= 15 is 0 Å². The minimum atomic E-state index is -1.05. The first kappa shape index (κ1) is 25.9. The number of aromatic carboxylic acids is 1. The van der Waals surface area contributed by atoms with E-state index in [1.807, 2.05) is 42.5 Å². The fourth-order valence-electron chi connectivity index (χ4n) is 3.98. The number of carboxylic acids is 1. The number of nitrogens with one attached hydrogen (secondary N) is 1. The largest absolute Gasteiger partial charge is 0.478 e. The van der Waals surface area contributed by atoms with Crippen molar-refractivity contribution in [1.29, 1.82) is 0 Å². The van der Waals surface area contributed by atoms with Gasteiger partial charge in [-0.25, -0.2) is 4.79 Å². The standard InChI is InChI=1S/C29H26N2O5S/c1-2-19-10-12-20(13-11-19)17-25-27(33)31(29(36)37-25)16-6-9-26(32)30-22-14-15-23(28(34)35)24(18-22)21-7-4-3-5-8-21/h3-5,7-8,10-15,17-18H,2,6,9,16H2,1H3,(H,30,32)(H,34,35)/b25-17-. The van der Waals surface area contributed by atoms with Crippen molar-refractivity contribution in [2.24, 2.45) is 0 Å². The normalized spacial score (nSPS) is 14.3. The molecule has 3 aromatic rings. The van der Waals surface area contributed by atoms with E-state index in [4.69, 9.17) is 0 Å². The topological polar surface area (TPSA) is 104 Å². The maximum absolute atomic E-state index is 12.7. The van der Waals surface area contributed by atoms with E-state index in [1.54, 1.807) is 30.3 Å². The number of anilines is 1. The minimum Gasteiger partial charge on any atom is -0.478 e. The van der Waals surface area contributed by atoms with Gasteiger partial charge in [-0.15, -0.1) is 0 Å². The number of thioether (sulfide) groups is 1. The number of amides is 3. The summed E-state index contributed by atoms with van der Waals surface area (Å²) in [6.07, 6.45) is 3.04. The van der Waals surface area contributed by atoms with E-state index in [0.29, 0.717) is 22.6 Å². The molecule has 0 bridgehead atoms. The molecule has 1 heterocycles. The monoisotopic (exact) mass is 514 g/mol. The van der Waals surface area contributed by atoms with Crippen molar-refractivity contribution in [3.05, 3.63) is 94.4 Å². The molecule has 37 heavy (non-hydrogen) atoms. The van der Waals surface area contributed by atoms with Crippen LogP contribution in [0, 0.1) is 0 Å². The zero-order valence-electron chi connectivity index (χ0n) is 20.3. The fraction of sp³-hybridized carbons (Fsp3) is 0.172. The Kier molecular flexibility index (Phi) is 8.20. The zero-order chi connectivity index (χ0) is 26.4. The van der Waals surface area contributed by atoms with Gasteiger partial charge in [0.1, 0.15) is 0 Å². The molecule has 0 saturated carbocycles. The summed E-state index contributed by atoms with van der Waals surface area (Å²) in [5, 5.41) is 12.0. The fourth-order valence-corrected chi connectivity index (χ4v) is 4.85. The summed E-state index contributed by atoms with van der Waals surface area (Å²) in [5.41, 5.74) is 3.88. The van der Waals surface area contributed by atoms with Gasteiger partial charge in [0.2, 0.25) is 5.91 Å². The van der Waals surface area contributed by atoms with Gasteiger partial charge < -0.3 is 10.4 Å². The smallest absolute Gasteiger partial charge is 0.336 e. The van der Waals surface area contributed by atoms with Crippen LogP contribution in [0.3, 0.4) is 0 Å². The Hall–Kier alpha value is -4.17. The predicted molar refractivity (Wildman–Crippen MR) is 145 cm³/mol. The summed E-state index contributed by atoms with van der Waals surface area (Å²) in [5.74, 6) is -1.70. The highest BCUT2D eigenvalue weighted by Gasteiger charge is 2.34. The van der Waals surface area contributed by atoms with Gasteiger partial charge in [-0.1, -0.05) is 61.5 Å². The molecular formula is C29H26N2O5S. The summed E-state index contributed by atoms with van der Waals surface area (Å²) >= 11 is 0.901. The summed E-state index contributed by atoms with van der Waals surface area (Å²) in [6.45, 7) is 2.20. The minimum absolute atomic E-state index is 0.0978. The molecule has 8 heteroatoms.